The Morgan fingerprint density at radius 3 is 2.87 bits per heavy atom. The zero-order valence-corrected chi connectivity index (χ0v) is 15.4. The van der Waals surface area contributed by atoms with Crippen molar-refractivity contribution in [3.63, 3.8) is 0 Å². The summed E-state index contributed by atoms with van der Waals surface area (Å²) in [6, 6.07) is 5.91. The highest BCUT2D eigenvalue weighted by atomic mass is 32.1. The van der Waals surface area contributed by atoms with Crippen LogP contribution in [-0.4, -0.2) is 20.9 Å². The lowest BCUT2D eigenvalue weighted by Gasteiger charge is -2.38. The molecule has 0 aliphatic carbocycles. The van der Waals surface area contributed by atoms with Crippen LogP contribution in [0.4, 0.5) is 15.6 Å². The molecular formula is C15H16N4OS3. The summed E-state index contributed by atoms with van der Waals surface area (Å²) in [4.78, 5) is 17.4. The average Bonchev–Trinajstić information content (AvgIpc) is 2.76. The number of hydrogen-bond acceptors (Lipinski definition) is 4. The maximum Gasteiger partial charge on any atom is 0.282 e. The molecule has 1 amide bonds. The zero-order chi connectivity index (χ0) is 16.8. The van der Waals surface area contributed by atoms with E-state index in [1.54, 1.807) is 0 Å². The molecule has 1 aromatic carbocycles. The number of carbonyl (C=O) groups is 1. The molecule has 3 rings (SSSR count). The molecule has 0 atom stereocenters. The predicted molar refractivity (Wildman–Crippen MR) is 104 cm³/mol. The Morgan fingerprint density at radius 1 is 1.48 bits per heavy atom. The molecule has 0 bridgehead atoms. The Kier molecular flexibility index (Phi) is 4.07. The fourth-order valence-corrected chi connectivity index (χ4v) is 4.22. The minimum atomic E-state index is -0.424. The standard InChI is InChI=1S/C15H16N4OS3/c1-8-7-15(2,3)18-13(21)19(8)9-4-5-10-11(6-9)23-12(16-10)17-14(20)22/h4-7H,1-3H3,(H,18,21)(H2,16,17,20,22). The van der Waals surface area contributed by atoms with Crippen molar-refractivity contribution in [3.05, 3.63) is 30.0 Å². The minimum Gasteiger partial charge on any atom is -0.354 e. The fourth-order valence-electron chi connectivity index (χ4n) is 2.63. The number of aromatic nitrogens is 1. The zero-order valence-electron chi connectivity index (χ0n) is 12.9. The molecule has 0 radical (unpaired) electrons. The molecule has 23 heavy (non-hydrogen) atoms. The number of benzene rings is 1. The molecular weight excluding hydrogens is 348 g/mol. The summed E-state index contributed by atoms with van der Waals surface area (Å²) < 4.78 is 0.972. The highest BCUT2D eigenvalue weighted by Crippen LogP contribution is 2.32. The van der Waals surface area contributed by atoms with Gasteiger partial charge < -0.3 is 5.32 Å². The van der Waals surface area contributed by atoms with E-state index in [4.69, 9.17) is 12.2 Å². The molecule has 1 aliphatic heterocycles. The van der Waals surface area contributed by atoms with E-state index in [-0.39, 0.29) is 5.54 Å². The molecule has 0 saturated heterocycles. The quantitative estimate of drug-likeness (QED) is 0.552. The Balaban J connectivity index is 2.00. The molecule has 120 valence electrons. The maximum atomic E-state index is 11.0. The highest BCUT2D eigenvalue weighted by Gasteiger charge is 2.27. The summed E-state index contributed by atoms with van der Waals surface area (Å²) in [5, 5.41) is 6.68. The highest BCUT2D eigenvalue weighted by molar-refractivity contribution is 7.97. The maximum absolute atomic E-state index is 11.0. The molecule has 0 saturated carbocycles. The Labute approximate surface area is 149 Å². The third-order valence-electron chi connectivity index (χ3n) is 3.40. The van der Waals surface area contributed by atoms with Gasteiger partial charge in [0.25, 0.3) is 5.24 Å². The van der Waals surface area contributed by atoms with Gasteiger partial charge in [-0.25, -0.2) is 4.98 Å². The van der Waals surface area contributed by atoms with Gasteiger partial charge in [0.15, 0.2) is 10.2 Å². The first kappa shape index (κ1) is 16.2. The first-order valence-electron chi connectivity index (χ1n) is 6.97. The van der Waals surface area contributed by atoms with Gasteiger partial charge in [0.1, 0.15) is 0 Å². The van der Waals surface area contributed by atoms with E-state index in [2.05, 4.69) is 48.2 Å². The van der Waals surface area contributed by atoms with Crippen LogP contribution in [0.3, 0.4) is 0 Å². The minimum absolute atomic E-state index is 0.156. The van der Waals surface area contributed by atoms with Crippen LogP contribution in [0.25, 0.3) is 10.2 Å². The van der Waals surface area contributed by atoms with Crippen LogP contribution in [0.2, 0.25) is 0 Å². The van der Waals surface area contributed by atoms with E-state index in [0.29, 0.717) is 10.2 Å². The first-order chi connectivity index (χ1) is 10.7. The topological polar surface area (TPSA) is 57.3 Å². The molecule has 1 aliphatic rings. The lowest BCUT2D eigenvalue weighted by Crippen LogP contribution is -2.53. The summed E-state index contributed by atoms with van der Waals surface area (Å²) >= 11 is 10.6. The van der Waals surface area contributed by atoms with Gasteiger partial charge in [-0.3, -0.25) is 15.0 Å². The van der Waals surface area contributed by atoms with Crippen molar-refractivity contribution < 1.29 is 4.79 Å². The average molecular weight is 365 g/mol. The molecule has 0 fully saturated rings. The number of thiazole rings is 1. The molecule has 0 unspecified atom stereocenters. The first-order valence-corrected chi connectivity index (χ1v) is 8.65. The monoisotopic (exact) mass is 364 g/mol. The number of anilines is 2. The number of carbonyl (C=O) groups excluding carboxylic acids is 1. The van der Waals surface area contributed by atoms with Crippen molar-refractivity contribution in [2.75, 3.05) is 10.2 Å². The summed E-state index contributed by atoms with van der Waals surface area (Å²) in [6.45, 7) is 6.20. The lowest BCUT2D eigenvalue weighted by molar-refractivity contribution is 0.270. The normalized spacial score (nSPS) is 17.0. The van der Waals surface area contributed by atoms with E-state index in [9.17, 15) is 4.79 Å². The van der Waals surface area contributed by atoms with Gasteiger partial charge in [0.2, 0.25) is 0 Å². The molecule has 5 nitrogen and oxygen atoms in total. The lowest BCUT2D eigenvalue weighted by atomic mass is 10.0. The summed E-state index contributed by atoms with van der Waals surface area (Å²) in [5.74, 6) is 0. The van der Waals surface area contributed by atoms with Crippen molar-refractivity contribution in [3.8, 4) is 0 Å². The van der Waals surface area contributed by atoms with E-state index >= 15 is 0 Å². The molecule has 1 aromatic heterocycles. The Hall–Kier alpha value is -1.64. The molecule has 2 aromatic rings. The van der Waals surface area contributed by atoms with Gasteiger partial charge >= 0.3 is 0 Å². The smallest absolute Gasteiger partial charge is 0.282 e. The predicted octanol–water partition coefficient (Wildman–Crippen LogP) is 4.13. The van der Waals surface area contributed by atoms with Gasteiger partial charge in [-0.15, -0.1) is 0 Å². The van der Waals surface area contributed by atoms with E-state index in [1.807, 2.05) is 30.0 Å². The largest absolute Gasteiger partial charge is 0.354 e. The van der Waals surface area contributed by atoms with Crippen LogP contribution < -0.4 is 15.5 Å². The van der Waals surface area contributed by atoms with E-state index < -0.39 is 5.24 Å². The Morgan fingerprint density at radius 2 is 2.22 bits per heavy atom. The molecule has 2 heterocycles. The van der Waals surface area contributed by atoms with Crippen molar-refractivity contribution >= 4 is 67.6 Å². The number of allylic oxidation sites excluding steroid dienone is 1. The molecule has 0 spiro atoms. The number of rotatable bonds is 2. The number of amides is 1. The van der Waals surface area contributed by atoms with E-state index in [1.165, 1.54) is 11.3 Å². The fraction of sp³-hybridized carbons (Fsp3) is 0.267. The van der Waals surface area contributed by atoms with Crippen LogP contribution in [-0.2, 0) is 0 Å². The van der Waals surface area contributed by atoms with Crippen molar-refractivity contribution in [1.29, 1.82) is 0 Å². The number of hydrogen-bond donors (Lipinski definition) is 3. The van der Waals surface area contributed by atoms with Crippen LogP contribution in [0.5, 0.6) is 0 Å². The van der Waals surface area contributed by atoms with Crippen molar-refractivity contribution in [1.82, 2.24) is 10.3 Å². The second-order valence-corrected chi connectivity index (χ2v) is 7.70. The van der Waals surface area contributed by atoms with Gasteiger partial charge in [-0.05, 0) is 57.3 Å². The van der Waals surface area contributed by atoms with Crippen molar-refractivity contribution in [2.24, 2.45) is 0 Å². The van der Waals surface area contributed by atoms with Crippen LogP contribution in [0.1, 0.15) is 20.8 Å². The number of thiol groups is 1. The number of nitrogens with one attached hydrogen (secondary N) is 2. The van der Waals surface area contributed by atoms with Gasteiger partial charge in [-0.2, -0.15) is 0 Å². The summed E-state index contributed by atoms with van der Waals surface area (Å²) in [5.41, 5.74) is 2.71. The van der Waals surface area contributed by atoms with Crippen LogP contribution in [0.15, 0.2) is 30.0 Å². The van der Waals surface area contributed by atoms with Gasteiger partial charge in [0.05, 0.1) is 15.8 Å². The number of nitrogens with zero attached hydrogens (tertiary/aromatic N) is 2. The summed E-state index contributed by atoms with van der Waals surface area (Å²) in [6.07, 6.45) is 2.15. The molecule has 2 N–H and O–H groups in total. The SMILES string of the molecule is CC1=CC(C)(C)NC(=S)N1c1ccc2nc(NC(=O)S)sc2c1. The molecule has 8 heteroatoms. The summed E-state index contributed by atoms with van der Waals surface area (Å²) in [7, 11) is 0. The second-order valence-electron chi connectivity index (χ2n) is 5.87. The van der Waals surface area contributed by atoms with Crippen LogP contribution >= 0.6 is 36.2 Å². The third-order valence-corrected chi connectivity index (χ3v) is 4.73. The second kappa shape index (κ2) is 5.77. The van der Waals surface area contributed by atoms with Gasteiger partial charge in [-0.1, -0.05) is 24.0 Å². The van der Waals surface area contributed by atoms with Crippen LogP contribution in [0, 0.1) is 0 Å². The Bertz CT molecular complexity index is 840. The third kappa shape index (κ3) is 3.34. The number of fused-ring (bicyclic) bond motifs is 1. The van der Waals surface area contributed by atoms with Crippen molar-refractivity contribution in [2.45, 2.75) is 26.3 Å². The number of thiocarbonyl (C=S) groups is 1. The van der Waals surface area contributed by atoms with Gasteiger partial charge in [0, 0.05) is 11.4 Å². The van der Waals surface area contributed by atoms with E-state index in [0.717, 1.165) is 21.6 Å².